The van der Waals surface area contributed by atoms with Crippen molar-refractivity contribution < 1.29 is 35.7 Å². The Morgan fingerprint density at radius 3 is 1.00 bits per heavy atom. The second kappa shape index (κ2) is 7.14. The van der Waals surface area contributed by atoms with Crippen molar-refractivity contribution in [2.24, 2.45) is 0 Å². The van der Waals surface area contributed by atoms with Crippen LogP contribution in [0.25, 0.3) is 0 Å². The summed E-state index contributed by atoms with van der Waals surface area (Å²) in [6.45, 7) is 2.53. The summed E-state index contributed by atoms with van der Waals surface area (Å²) in [7, 11) is -2.61. The van der Waals surface area contributed by atoms with Crippen LogP contribution in [0.3, 0.4) is 0 Å². The number of rotatable bonds is 4. The SMILES string of the molecule is C[NH+](C)CC[NH+](C)C.O=S(=O)([O-])S(=O)(=O)[O-]. The Balaban J connectivity index is 0. The van der Waals surface area contributed by atoms with Crippen LogP contribution in [-0.4, -0.2) is 67.2 Å². The molecule has 10 heteroatoms. The van der Waals surface area contributed by atoms with Crippen LogP contribution in [0.15, 0.2) is 0 Å². The molecule has 0 aliphatic rings. The van der Waals surface area contributed by atoms with Crippen LogP contribution in [0, 0.1) is 0 Å². The quantitative estimate of drug-likeness (QED) is 0.393. The lowest BCUT2D eigenvalue weighted by molar-refractivity contribution is -0.918. The Labute approximate surface area is 95.7 Å². The Bertz CT molecular complexity index is 334. The summed E-state index contributed by atoms with van der Waals surface area (Å²) in [6, 6.07) is 0. The lowest BCUT2D eigenvalue weighted by atomic mass is 10.5. The van der Waals surface area contributed by atoms with Gasteiger partial charge in [0.25, 0.3) is 0 Å². The van der Waals surface area contributed by atoms with Gasteiger partial charge < -0.3 is 18.9 Å². The minimum absolute atomic E-state index is 1.27. The summed E-state index contributed by atoms with van der Waals surface area (Å²) in [6.07, 6.45) is 0. The van der Waals surface area contributed by atoms with Gasteiger partial charge in [0.2, 0.25) is 0 Å². The van der Waals surface area contributed by atoms with Gasteiger partial charge in [-0.05, 0) is 0 Å². The van der Waals surface area contributed by atoms with Gasteiger partial charge in [0.05, 0.1) is 28.2 Å². The molecule has 0 saturated heterocycles. The maximum atomic E-state index is 9.20. The highest BCUT2D eigenvalue weighted by Gasteiger charge is 2.01. The Morgan fingerprint density at radius 1 is 0.750 bits per heavy atom. The van der Waals surface area contributed by atoms with E-state index < -0.39 is 18.3 Å². The molecule has 0 aliphatic heterocycles. The fourth-order valence-electron chi connectivity index (χ4n) is 0.500. The van der Waals surface area contributed by atoms with Crippen LogP contribution >= 0.6 is 0 Å². The summed E-state index contributed by atoms with van der Waals surface area (Å²) in [5, 5.41) is 0. The molecule has 0 aromatic rings. The van der Waals surface area contributed by atoms with Gasteiger partial charge in [-0.25, -0.2) is 16.8 Å². The van der Waals surface area contributed by atoms with Gasteiger partial charge in [-0.15, -0.1) is 0 Å². The maximum Gasteiger partial charge on any atom is 0.191 e. The third kappa shape index (κ3) is 11.8. The number of hydrogen-bond donors (Lipinski definition) is 2. The molecule has 0 aromatic carbocycles. The predicted octanol–water partition coefficient (Wildman–Crippen LogP) is -4.73. The molecule has 100 valence electrons. The molecule has 8 nitrogen and oxygen atoms in total. The van der Waals surface area contributed by atoms with E-state index in [0.717, 1.165) is 0 Å². The van der Waals surface area contributed by atoms with Crippen LogP contribution in [0.4, 0.5) is 0 Å². The summed E-state index contributed by atoms with van der Waals surface area (Å²) in [4.78, 5) is 3.07. The summed E-state index contributed by atoms with van der Waals surface area (Å²) < 4.78 is 55.2. The zero-order valence-electron chi connectivity index (χ0n) is 9.68. The first kappa shape index (κ1) is 18.1. The van der Waals surface area contributed by atoms with Crippen LogP contribution in [0.2, 0.25) is 0 Å². The predicted molar refractivity (Wildman–Crippen MR) is 54.7 cm³/mol. The van der Waals surface area contributed by atoms with E-state index in [0.29, 0.717) is 0 Å². The third-order valence-corrected chi connectivity index (χ3v) is 3.38. The molecule has 0 aromatic heterocycles. The van der Waals surface area contributed by atoms with Crippen molar-refractivity contribution >= 4 is 18.3 Å². The van der Waals surface area contributed by atoms with E-state index in [9.17, 15) is 25.9 Å². The molecule has 0 atom stereocenters. The van der Waals surface area contributed by atoms with Crippen LogP contribution in [0.1, 0.15) is 0 Å². The molecule has 0 aliphatic carbocycles. The first-order valence-corrected chi connectivity index (χ1v) is 7.71. The first-order chi connectivity index (χ1) is 6.88. The van der Waals surface area contributed by atoms with Crippen molar-refractivity contribution in [3.05, 3.63) is 0 Å². The van der Waals surface area contributed by atoms with Crippen LogP contribution < -0.4 is 9.80 Å². The molecule has 0 bridgehead atoms. The number of likely N-dealkylation sites (N-methyl/N-ethyl adjacent to an activating group) is 2. The molecule has 0 fully saturated rings. The largest absolute Gasteiger partial charge is 0.736 e. The second-order valence-corrected chi connectivity index (χ2v) is 7.81. The number of hydrogen-bond acceptors (Lipinski definition) is 6. The van der Waals surface area contributed by atoms with Gasteiger partial charge >= 0.3 is 0 Å². The van der Waals surface area contributed by atoms with Gasteiger partial charge in [0, 0.05) is 0 Å². The Kier molecular flexibility index (Phi) is 8.09. The van der Waals surface area contributed by atoms with Gasteiger partial charge in [0.15, 0.2) is 18.3 Å². The number of nitrogens with one attached hydrogen (secondary N) is 2. The molecule has 0 radical (unpaired) electrons. The summed E-state index contributed by atoms with van der Waals surface area (Å²) in [5.41, 5.74) is 0. The molecule has 0 amide bonds. The second-order valence-electron chi connectivity index (χ2n) is 3.73. The zero-order chi connectivity index (χ0) is 13.6. The summed E-state index contributed by atoms with van der Waals surface area (Å²) in [5.74, 6) is 0. The fourth-order valence-corrected chi connectivity index (χ4v) is 0.500. The molecular formula is C6H18N2O6S2. The minimum atomic E-state index is -5.67. The lowest BCUT2D eigenvalue weighted by Gasteiger charge is -2.09. The van der Waals surface area contributed by atoms with E-state index >= 15 is 0 Å². The Morgan fingerprint density at radius 2 is 0.938 bits per heavy atom. The van der Waals surface area contributed by atoms with E-state index in [1.807, 2.05) is 0 Å². The van der Waals surface area contributed by atoms with Crippen molar-refractivity contribution in [1.82, 2.24) is 0 Å². The van der Waals surface area contributed by atoms with Gasteiger partial charge in [-0.3, -0.25) is 0 Å². The fraction of sp³-hybridized carbons (Fsp3) is 1.00. The van der Waals surface area contributed by atoms with E-state index in [4.69, 9.17) is 0 Å². The average Bonchev–Trinajstić information content (AvgIpc) is 1.98. The third-order valence-electron chi connectivity index (χ3n) is 1.38. The van der Waals surface area contributed by atoms with Crippen molar-refractivity contribution in [1.29, 1.82) is 0 Å². The van der Waals surface area contributed by atoms with Crippen molar-refractivity contribution in [3.63, 3.8) is 0 Å². The van der Waals surface area contributed by atoms with E-state index in [1.54, 1.807) is 0 Å². The summed E-state index contributed by atoms with van der Waals surface area (Å²) >= 11 is 0. The lowest BCUT2D eigenvalue weighted by Crippen LogP contribution is -3.14. The maximum absolute atomic E-state index is 9.20. The van der Waals surface area contributed by atoms with E-state index in [1.165, 1.54) is 22.9 Å². The van der Waals surface area contributed by atoms with Crippen LogP contribution in [0.5, 0.6) is 0 Å². The standard InChI is InChI=1S/C6H16N2.H2O6S2/c1-7(2)5-6-8(3)4;1-7(2,3)8(4,5)6/h5-6H2,1-4H3;(H,1,2,3)(H,4,5,6). The minimum Gasteiger partial charge on any atom is -0.736 e. The Hall–Kier alpha value is -0.260. The zero-order valence-corrected chi connectivity index (χ0v) is 11.3. The topological polar surface area (TPSA) is 123 Å². The normalized spacial score (nSPS) is 12.5. The first-order valence-electron chi connectivity index (χ1n) is 4.37. The molecular weight excluding hydrogens is 260 g/mol. The highest BCUT2D eigenvalue weighted by molar-refractivity contribution is 8.62. The molecule has 2 N–H and O–H groups in total. The smallest absolute Gasteiger partial charge is 0.191 e. The highest BCUT2D eigenvalue weighted by Crippen LogP contribution is 1.90. The van der Waals surface area contributed by atoms with Gasteiger partial charge in [-0.1, -0.05) is 0 Å². The number of quaternary nitrogens is 2. The van der Waals surface area contributed by atoms with Crippen molar-refractivity contribution in [3.8, 4) is 0 Å². The van der Waals surface area contributed by atoms with Crippen molar-refractivity contribution in [2.75, 3.05) is 41.3 Å². The molecule has 0 spiro atoms. The monoisotopic (exact) mass is 278 g/mol. The van der Waals surface area contributed by atoms with E-state index in [2.05, 4.69) is 28.2 Å². The van der Waals surface area contributed by atoms with E-state index in [-0.39, 0.29) is 0 Å². The molecule has 0 heterocycles. The van der Waals surface area contributed by atoms with Crippen LogP contribution in [-0.2, 0) is 18.3 Å². The van der Waals surface area contributed by atoms with Crippen molar-refractivity contribution in [2.45, 2.75) is 0 Å². The average molecular weight is 278 g/mol. The van der Waals surface area contributed by atoms with Gasteiger partial charge in [0.1, 0.15) is 13.1 Å². The molecule has 0 rings (SSSR count). The molecule has 16 heavy (non-hydrogen) atoms. The molecule has 0 saturated carbocycles. The highest BCUT2D eigenvalue weighted by atomic mass is 33.2. The van der Waals surface area contributed by atoms with Gasteiger partial charge in [-0.2, -0.15) is 0 Å². The molecule has 0 unspecified atom stereocenters.